The molecule has 1 saturated heterocycles. The number of hydrogen-bond acceptors (Lipinski definition) is 3. The zero-order valence-electron chi connectivity index (χ0n) is 10.5. The van der Waals surface area contributed by atoms with Crippen LogP contribution in [0, 0.1) is 0 Å². The standard InChI is InChI=1S/C14H22N2O/c1-2-5-11(6-3-1)13-10-16-17-14(13)12-7-4-8-15-9-12/h10-12,15H,1-9H2. The molecule has 3 nitrogen and oxygen atoms in total. The van der Waals surface area contributed by atoms with Crippen LogP contribution < -0.4 is 5.32 Å². The Morgan fingerprint density at radius 1 is 1.06 bits per heavy atom. The highest BCUT2D eigenvalue weighted by Gasteiger charge is 2.27. The summed E-state index contributed by atoms with van der Waals surface area (Å²) in [5, 5.41) is 7.54. The first-order valence-corrected chi connectivity index (χ1v) is 7.10. The molecule has 1 aliphatic heterocycles. The summed E-state index contributed by atoms with van der Waals surface area (Å²) in [6.45, 7) is 2.22. The van der Waals surface area contributed by atoms with Gasteiger partial charge in [0.25, 0.3) is 0 Å². The van der Waals surface area contributed by atoms with Crippen molar-refractivity contribution in [3.05, 3.63) is 17.5 Å². The van der Waals surface area contributed by atoms with E-state index in [1.54, 1.807) is 0 Å². The van der Waals surface area contributed by atoms with Crippen LogP contribution in [-0.4, -0.2) is 18.2 Å². The summed E-state index contributed by atoms with van der Waals surface area (Å²) in [7, 11) is 0. The maximum absolute atomic E-state index is 5.57. The number of nitrogens with one attached hydrogen (secondary N) is 1. The van der Waals surface area contributed by atoms with Crippen molar-refractivity contribution in [1.82, 2.24) is 10.5 Å². The SMILES string of the molecule is c1noc(C2CCCNC2)c1C1CCCCC1. The molecule has 0 aromatic carbocycles. The number of nitrogens with zero attached hydrogens (tertiary/aromatic N) is 1. The Morgan fingerprint density at radius 3 is 2.65 bits per heavy atom. The van der Waals surface area contributed by atoms with E-state index < -0.39 is 0 Å². The van der Waals surface area contributed by atoms with E-state index in [9.17, 15) is 0 Å². The molecule has 0 bridgehead atoms. The minimum atomic E-state index is 0.558. The highest BCUT2D eigenvalue weighted by atomic mass is 16.5. The van der Waals surface area contributed by atoms with Crippen molar-refractivity contribution in [2.75, 3.05) is 13.1 Å². The molecule has 2 aliphatic rings. The van der Waals surface area contributed by atoms with Gasteiger partial charge < -0.3 is 9.84 Å². The molecular formula is C14H22N2O. The summed E-state index contributed by atoms with van der Waals surface area (Å²) in [6, 6.07) is 0. The largest absolute Gasteiger partial charge is 0.361 e. The Labute approximate surface area is 103 Å². The highest BCUT2D eigenvalue weighted by Crippen LogP contribution is 2.37. The van der Waals surface area contributed by atoms with Crippen LogP contribution in [0.2, 0.25) is 0 Å². The quantitative estimate of drug-likeness (QED) is 0.854. The van der Waals surface area contributed by atoms with Gasteiger partial charge in [0, 0.05) is 18.0 Å². The molecule has 1 N–H and O–H groups in total. The Balaban J connectivity index is 1.77. The van der Waals surface area contributed by atoms with Crippen molar-refractivity contribution in [3.63, 3.8) is 0 Å². The minimum Gasteiger partial charge on any atom is -0.361 e. The monoisotopic (exact) mass is 234 g/mol. The van der Waals surface area contributed by atoms with Crippen molar-refractivity contribution in [2.45, 2.75) is 56.8 Å². The molecule has 2 heterocycles. The molecule has 1 atom stereocenters. The molecule has 3 heteroatoms. The van der Waals surface area contributed by atoms with Crippen LogP contribution in [0.3, 0.4) is 0 Å². The predicted molar refractivity (Wildman–Crippen MR) is 67.2 cm³/mol. The number of aromatic nitrogens is 1. The van der Waals surface area contributed by atoms with Gasteiger partial charge in [-0.15, -0.1) is 0 Å². The summed E-state index contributed by atoms with van der Waals surface area (Å²) in [4.78, 5) is 0. The fourth-order valence-electron chi connectivity index (χ4n) is 3.36. The molecule has 1 unspecified atom stereocenters. The summed E-state index contributed by atoms with van der Waals surface area (Å²) >= 11 is 0. The lowest BCUT2D eigenvalue weighted by atomic mass is 9.82. The number of hydrogen-bond donors (Lipinski definition) is 1. The van der Waals surface area contributed by atoms with Gasteiger partial charge in [-0.25, -0.2) is 0 Å². The Kier molecular flexibility index (Phi) is 3.46. The lowest BCUT2D eigenvalue weighted by Gasteiger charge is -2.25. The third-order valence-electron chi connectivity index (χ3n) is 4.34. The maximum atomic E-state index is 5.57. The van der Waals surface area contributed by atoms with Gasteiger partial charge in [-0.3, -0.25) is 0 Å². The molecule has 1 aromatic rings. The maximum Gasteiger partial charge on any atom is 0.144 e. The van der Waals surface area contributed by atoms with E-state index in [2.05, 4.69) is 10.5 Å². The molecular weight excluding hydrogens is 212 g/mol. The van der Waals surface area contributed by atoms with Gasteiger partial charge in [0.05, 0.1) is 6.20 Å². The summed E-state index contributed by atoms with van der Waals surface area (Å²) in [5.41, 5.74) is 1.42. The first-order chi connectivity index (χ1) is 8.45. The molecule has 1 aliphatic carbocycles. The average Bonchev–Trinajstić information content (AvgIpc) is 2.90. The smallest absolute Gasteiger partial charge is 0.144 e. The van der Waals surface area contributed by atoms with Crippen molar-refractivity contribution in [1.29, 1.82) is 0 Å². The van der Waals surface area contributed by atoms with Crippen molar-refractivity contribution < 1.29 is 4.52 Å². The average molecular weight is 234 g/mol. The lowest BCUT2D eigenvalue weighted by Crippen LogP contribution is -2.28. The topological polar surface area (TPSA) is 38.1 Å². The normalized spacial score (nSPS) is 27.2. The highest BCUT2D eigenvalue weighted by molar-refractivity contribution is 5.23. The minimum absolute atomic E-state index is 0.558. The molecule has 17 heavy (non-hydrogen) atoms. The van der Waals surface area contributed by atoms with E-state index in [0.29, 0.717) is 11.8 Å². The van der Waals surface area contributed by atoms with E-state index in [1.165, 1.54) is 56.3 Å². The molecule has 0 spiro atoms. The van der Waals surface area contributed by atoms with Crippen molar-refractivity contribution >= 4 is 0 Å². The first-order valence-electron chi connectivity index (χ1n) is 7.10. The zero-order valence-corrected chi connectivity index (χ0v) is 10.5. The van der Waals surface area contributed by atoms with Crippen LogP contribution >= 0.6 is 0 Å². The van der Waals surface area contributed by atoms with Crippen LogP contribution in [0.5, 0.6) is 0 Å². The second-order valence-corrected chi connectivity index (χ2v) is 5.52. The first kappa shape index (κ1) is 11.3. The second kappa shape index (κ2) is 5.21. The van der Waals surface area contributed by atoms with Crippen LogP contribution in [0.1, 0.15) is 68.1 Å². The van der Waals surface area contributed by atoms with Gasteiger partial charge in [-0.2, -0.15) is 0 Å². The summed E-state index contributed by atoms with van der Waals surface area (Å²) < 4.78 is 5.57. The molecule has 1 saturated carbocycles. The third kappa shape index (κ3) is 2.39. The fourth-order valence-corrected chi connectivity index (χ4v) is 3.36. The Morgan fingerprint density at radius 2 is 1.88 bits per heavy atom. The molecule has 1 aromatic heterocycles. The summed E-state index contributed by atoms with van der Waals surface area (Å²) in [5.74, 6) is 2.46. The number of piperidine rings is 1. The Hall–Kier alpha value is -0.830. The third-order valence-corrected chi connectivity index (χ3v) is 4.34. The molecule has 2 fully saturated rings. The molecule has 0 radical (unpaired) electrons. The fraction of sp³-hybridized carbons (Fsp3) is 0.786. The van der Waals surface area contributed by atoms with E-state index >= 15 is 0 Å². The van der Waals surface area contributed by atoms with Crippen LogP contribution in [0.15, 0.2) is 10.7 Å². The van der Waals surface area contributed by atoms with E-state index in [4.69, 9.17) is 4.52 Å². The van der Waals surface area contributed by atoms with Crippen LogP contribution in [-0.2, 0) is 0 Å². The van der Waals surface area contributed by atoms with Gasteiger partial charge in [-0.1, -0.05) is 24.4 Å². The van der Waals surface area contributed by atoms with Gasteiger partial charge in [0.2, 0.25) is 0 Å². The van der Waals surface area contributed by atoms with Gasteiger partial charge >= 0.3 is 0 Å². The van der Waals surface area contributed by atoms with Crippen molar-refractivity contribution in [3.8, 4) is 0 Å². The molecule has 94 valence electrons. The Bertz CT molecular complexity index is 316. The van der Waals surface area contributed by atoms with E-state index in [1.807, 2.05) is 6.20 Å². The summed E-state index contributed by atoms with van der Waals surface area (Å²) in [6.07, 6.45) is 11.3. The van der Waals surface area contributed by atoms with E-state index in [-0.39, 0.29) is 0 Å². The van der Waals surface area contributed by atoms with Gasteiger partial charge in [-0.05, 0) is 38.1 Å². The number of rotatable bonds is 2. The molecule has 3 rings (SSSR count). The van der Waals surface area contributed by atoms with E-state index in [0.717, 1.165) is 13.1 Å². The zero-order chi connectivity index (χ0) is 11.5. The van der Waals surface area contributed by atoms with Crippen molar-refractivity contribution in [2.24, 2.45) is 0 Å². The van der Waals surface area contributed by atoms with Crippen LogP contribution in [0.25, 0.3) is 0 Å². The van der Waals surface area contributed by atoms with Gasteiger partial charge in [0.1, 0.15) is 5.76 Å². The van der Waals surface area contributed by atoms with Gasteiger partial charge in [0.15, 0.2) is 0 Å². The molecule has 0 amide bonds. The lowest BCUT2D eigenvalue weighted by molar-refractivity contribution is 0.323. The predicted octanol–water partition coefficient (Wildman–Crippen LogP) is 3.19. The van der Waals surface area contributed by atoms with Crippen LogP contribution in [0.4, 0.5) is 0 Å². The second-order valence-electron chi connectivity index (χ2n) is 5.52.